The Morgan fingerprint density at radius 2 is 1.70 bits per heavy atom. The molecule has 33 heavy (non-hydrogen) atoms. The summed E-state index contributed by atoms with van der Waals surface area (Å²) < 4.78 is 49.7. The number of rotatable bonds is 6. The molecule has 8 heteroatoms. The van der Waals surface area contributed by atoms with Crippen molar-refractivity contribution in [3.05, 3.63) is 105 Å². The van der Waals surface area contributed by atoms with Crippen molar-refractivity contribution in [2.75, 3.05) is 0 Å². The molecule has 0 unspecified atom stereocenters. The van der Waals surface area contributed by atoms with E-state index in [0.717, 1.165) is 5.69 Å². The number of carboxylic acids is 1. The molecule has 1 heterocycles. The number of aromatic nitrogens is 1. The van der Waals surface area contributed by atoms with Gasteiger partial charge in [0.25, 0.3) is 0 Å². The highest BCUT2D eigenvalue weighted by atomic mass is 79.9. The van der Waals surface area contributed by atoms with Crippen LogP contribution in [-0.2, 0) is 6.61 Å². The Kier molecular flexibility index (Phi) is 6.29. The van der Waals surface area contributed by atoms with Crippen LogP contribution in [0.3, 0.4) is 0 Å². The monoisotopic (exact) mass is 515 g/mol. The fraction of sp³-hybridized carbons (Fsp3) is 0.0800. The summed E-state index contributed by atoms with van der Waals surface area (Å²) in [6.07, 6.45) is 0. The van der Waals surface area contributed by atoms with Crippen molar-refractivity contribution in [3.63, 3.8) is 0 Å². The molecule has 0 aliphatic heterocycles. The molecule has 0 aliphatic carbocycles. The lowest BCUT2D eigenvalue weighted by molar-refractivity contribution is 0.0697. The van der Waals surface area contributed by atoms with Gasteiger partial charge in [-0.05, 0) is 65.3 Å². The Bertz CT molecular complexity index is 1340. The van der Waals surface area contributed by atoms with Crippen molar-refractivity contribution in [1.82, 2.24) is 4.57 Å². The highest BCUT2D eigenvalue weighted by molar-refractivity contribution is 9.10. The van der Waals surface area contributed by atoms with Crippen LogP contribution in [0.4, 0.5) is 13.2 Å². The second-order valence-electron chi connectivity index (χ2n) is 7.30. The van der Waals surface area contributed by atoms with Gasteiger partial charge >= 0.3 is 5.97 Å². The van der Waals surface area contributed by atoms with Crippen LogP contribution in [-0.4, -0.2) is 15.6 Å². The highest BCUT2D eigenvalue weighted by Crippen LogP contribution is 2.39. The molecular formula is C25H17BrF3NO3. The summed E-state index contributed by atoms with van der Waals surface area (Å²) in [4.78, 5) is 11.4. The van der Waals surface area contributed by atoms with E-state index in [-0.39, 0.29) is 11.1 Å². The summed E-state index contributed by atoms with van der Waals surface area (Å²) in [5.41, 5.74) is 2.50. The molecule has 0 saturated heterocycles. The number of aromatic carboxylic acids is 1. The Morgan fingerprint density at radius 1 is 1.00 bits per heavy atom. The van der Waals surface area contributed by atoms with E-state index in [2.05, 4.69) is 15.9 Å². The van der Waals surface area contributed by atoms with Crippen molar-refractivity contribution in [2.45, 2.75) is 13.5 Å². The smallest absolute Gasteiger partial charge is 0.335 e. The van der Waals surface area contributed by atoms with Crippen LogP contribution >= 0.6 is 15.9 Å². The molecule has 0 fully saturated rings. The first-order valence-electron chi connectivity index (χ1n) is 9.83. The third kappa shape index (κ3) is 4.52. The predicted molar refractivity (Wildman–Crippen MR) is 121 cm³/mol. The molecule has 0 radical (unpaired) electrons. The zero-order valence-electron chi connectivity index (χ0n) is 17.3. The van der Waals surface area contributed by atoms with E-state index in [0.29, 0.717) is 39.3 Å². The van der Waals surface area contributed by atoms with Gasteiger partial charge in [0.15, 0.2) is 0 Å². The molecule has 3 aromatic carbocycles. The van der Waals surface area contributed by atoms with Crippen molar-refractivity contribution >= 4 is 21.9 Å². The van der Waals surface area contributed by atoms with Crippen LogP contribution in [0.25, 0.3) is 16.9 Å². The molecule has 1 N–H and O–H groups in total. The number of benzene rings is 3. The first-order valence-corrected chi connectivity index (χ1v) is 10.6. The highest BCUT2D eigenvalue weighted by Gasteiger charge is 2.19. The molecule has 4 rings (SSSR count). The normalized spacial score (nSPS) is 10.9. The number of nitrogens with zero attached hydrogens (tertiary/aromatic N) is 1. The SMILES string of the molecule is Cc1ccc(-c2c(Br)cccc2OCc2c(F)cc(F)cc2F)n1-c1cccc(C(=O)O)c1. The topological polar surface area (TPSA) is 51.5 Å². The lowest BCUT2D eigenvalue weighted by atomic mass is 10.1. The van der Waals surface area contributed by atoms with Crippen molar-refractivity contribution in [3.8, 4) is 22.7 Å². The van der Waals surface area contributed by atoms with Gasteiger partial charge in [-0.1, -0.05) is 12.1 Å². The maximum atomic E-state index is 14.1. The fourth-order valence-electron chi connectivity index (χ4n) is 3.59. The molecule has 1 aromatic heterocycles. The van der Waals surface area contributed by atoms with E-state index >= 15 is 0 Å². The van der Waals surface area contributed by atoms with Crippen molar-refractivity contribution in [1.29, 1.82) is 0 Å². The van der Waals surface area contributed by atoms with E-state index < -0.39 is 30.0 Å². The molecule has 0 amide bonds. The maximum absolute atomic E-state index is 14.1. The Balaban J connectivity index is 1.78. The number of hydrogen-bond donors (Lipinski definition) is 1. The number of halogens is 4. The zero-order chi connectivity index (χ0) is 23.7. The molecular weight excluding hydrogens is 499 g/mol. The van der Waals surface area contributed by atoms with Crippen LogP contribution in [0, 0.1) is 24.4 Å². The average Bonchev–Trinajstić information content (AvgIpc) is 3.14. The lowest BCUT2D eigenvalue weighted by Gasteiger charge is -2.17. The van der Waals surface area contributed by atoms with Crippen LogP contribution in [0.15, 0.2) is 71.2 Å². The summed E-state index contributed by atoms with van der Waals surface area (Å²) >= 11 is 3.52. The van der Waals surface area contributed by atoms with Gasteiger partial charge in [-0.2, -0.15) is 0 Å². The van der Waals surface area contributed by atoms with Crippen LogP contribution in [0.2, 0.25) is 0 Å². The summed E-state index contributed by atoms with van der Waals surface area (Å²) in [5.74, 6) is -3.78. The summed E-state index contributed by atoms with van der Waals surface area (Å²) in [7, 11) is 0. The minimum atomic E-state index is -1.04. The van der Waals surface area contributed by atoms with E-state index in [9.17, 15) is 23.1 Å². The maximum Gasteiger partial charge on any atom is 0.335 e. The van der Waals surface area contributed by atoms with Gasteiger partial charge < -0.3 is 14.4 Å². The van der Waals surface area contributed by atoms with E-state index in [1.807, 2.05) is 23.6 Å². The minimum Gasteiger partial charge on any atom is -0.488 e. The van der Waals surface area contributed by atoms with Crippen LogP contribution in [0.1, 0.15) is 21.6 Å². The van der Waals surface area contributed by atoms with Crippen LogP contribution < -0.4 is 4.74 Å². The number of aryl methyl sites for hydroxylation is 1. The molecule has 4 aromatic rings. The van der Waals surface area contributed by atoms with Gasteiger partial charge in [-0.3, -0.25) is 0 Å². The number of ether oxygens (including phenoxy) is 1. The van der Waals surface area contributed by atoms with Gasteiger partial charge in [0.1, 0.15) is 29.8 Å². The van der Waals surface area contributed by atoms with Gasteiger partial charge in [0, 0.05) is 28.0 Å². The molecule has 0 atom stereocenters. The quantitative estimate of drug-likeness (QED) is 0.303. The molecule has 0 bridgehead atoms. The van der Waals surface area contributed by atoms with Crippen molar-refractivity contribution < 1.29 is 27.8 Å². The Hall–Kier alpha value is -3.52. The summed E-state index contributed by atoms with van der Waals surface area (Å²) in [6, 6.07) is 16.6. The standard InChI is InChI=1S/C25H17BrF3NO3/c1-14-8-9-22(30(14)17-5-2-4-15(10-17)25(31)32)24-19(26)6-3-7-23(24)33-13-18-20(28)11-16(27)12-21(18)29/h2-12H,13H2,1H3,(H,31,32). The molecule has 0 spiro atoms. The molecule has 0 aliphatic rings. The third-order valence-corrected chi connectivity index (χ3v) is 5.80. The average molecular weight is 516 g/mol. The van der Waals surface area contributed by atoms with Gasteiger partial charge in [-0.15, -0.1) is 0 Å². The molecule has 168 valence electrons. The fourth-order valence-corrected chi connectivity index (χ4v) is 4.14. The number of carbonyl (C=O) groups is 1. The van der Waals surface area contributed by atoms with Gasteiger partial charge in [-0.25, -0.2) is 18.0 Å². The van der Waals surface area contributed by atoms with Crippen LogP contribution in [0.5, 0.6) is 5.75 Å². The van der Waals surface area contributed by atoms with Gasteiger partial charge in [0.05, 0.1) is 22.4 Å². The first-order chi connectivity index (χ1) is 15.8. The van der Waals surface area contributed by atoms with Gasteiger partial charge in [0.2, 0.25) is 0 Å². The summed E-state index contributed by atoms with van der Waals surface area (Å²) in [6.45, 7) is 1.42. The number of carboxylic acid groups (broad SMARTS) is 1. The largest absolute Gasteiger partial charge is 0.488 e. The predicted octanol–water partition coefficient (Wildman–Crippen LogP) is 6.91. The Morgan fingerprint density at radius 3 is 2.39 bits per heavy atom. The van der Waals surface area contributed by atoms with E-state index in [1.165, 1.54) is 6.07 Å². The second kappa shape index (κ2) is 9.15. The van der Waals surface area contributed by atoms with Crippen molar-refractivity contribution in [2.24, 2.45) is 0 Å². The third-order valence-electron chi connectivity index (χ3n) is 5.14. The Labute approximate surface area is 196 Å². The van der Waals surface area contributed by atoms with E-state index in [1.54, 1.807) is 36.4 Å². The number of hydrogen-bond acceptors (Lipinski definition) is 2. The molecule has 0 saturated carbocycles. The second-order valence-corrected chi connectivity index (χ2v) is 8.15. The summed E-state index contributed by atoms with van der Waals surface area (Å²) in [5, 5.41) is 9.37. The molecule has 4 nitrogen and oxygen atoms in total. The first kappa shape index (κ1) is 22.7. The lowest BCUT2D eigenvalue weighted by Crippen LogP contribution is -2.06. The minimum absolute atomic E-state index is 0.136. The zero-order valence-corrected chi connectivity index (χ0v) is 18.9. The van der Waals surface area contributed by atoms with E-state index in [4.69, 9.17) is 4.74 Å².